The number of rotatable bonds is 6. The molecule has 18 heavy (non-hydrogen) atoms. The summed E-state index contributed by atoms with van der Waals surface area (Å²) < 4.78 is 1.07. The number of carboxylic acid groups (broad SMARTS) is 1. The maximum atomic E-state index is 10.9. The highest BCUT2D eigenvalue weighted by atomic mass is 79.9. The molecule has 0 aliphatic heterocycles. The van der Waals surface area contributed by atoms with Crippen molar-refractivity contribution < 1.29 is 9.90 Å². The van der Waals surface area contributed by atoms with E-state index in [9.17, 15) is 4.79 Å². The summed E-state index contributed by atoms with van der Waals surface area (Å²) in [7, 11) is 0. The maximum absolute atomic E-state index is 10.9. The molecule has 0 aliphatic carbocycles. The van der Waals surface area contributed by atoms with Crippen molar-refractivity contribution in [2.45, 2.75) is 26.8 Å². The first-order chi connectivity index (χ1) is 8.47. The van der Waals surface area contributed by atoms with Gasteiger partial charge in [0.2, 0.25) is 0 Å². The first kappa shape index (κ1) is 15.2. The molecule has 0 radical (unpaired) electrons. The molecule has 0 amide bonds. The molecule has 0 aliphatic rings. The molecule has 1 aromatic carbocycles. The molecule has 1 aromatic rings. The Morgan fingerprint density at radius 3 is 2.50 bits per heavy atom. The van der Waals surface area contributed by atoms with E-state index in [1.165, 1.54) is 5.56 Å². The van der Waals surface area contributed by atoms with E-state index in [1.807, 2.05) is 18.2 Å². The summed E-state index contributed by atoms with van der Waals surface area (Å²) in [6.45, 7) is 7.31. The minimum Gasteiger partial charge on any atom is -0.481 e. The summed E-state index contributed by atoms with van der Waals surface area (Å²) in [5.41, 5.74) is 1.19. The molecule has 0 aromatic heterocycles. The van der Waals surface area contributed by atoms with Crippen LogP contribution in [0.1, 0.15) is 32.4 Å². The number of hydrogen-bond donors (Lipinski definition) is 1. The summed E-state index contributed by atoms with van der Waals surface area (Å²) in [6.07, 6.45) is 0. The van der Waals surface area contributed by atoms with Gasteiger partial charge >= 0.3 is 5.97 Å². The summed E-state index contributed by atoms with van der Waals surface area (Å²) in [6, 6.07) is 8.28. The molecule has 0 heterocycles. The van der Waals surface area contributed by atoms with Crippen LogP contribution in [-0.4, -0.2) is 29.1 Å². The van der Waals surface area contributed by atoms with Crippen LogP contribution in [0.25, 0.3) is 0 Å². The Hall–Kier alpha value is -0.870. The first-order valence-corrected chi connectivity index (χ1v) is 6.98. The second kappa shape index (κ2) is 6.90. The molecule has 0 saturated heterocycles. The van der Waals surface area contributed by atoms with Crippen molar-refractivity contribution >= 4 is 21.9 Å². The van der Waals surface area contributed by atoms with Crippen molar-refractivity contribution in [3.8, 4) is 0 Å². The highest BCUT2D eigenvalue weighted by Crippen LogP contribution is 2.27. The van der Waals surface area contributed by atoms with E-state index in [1.54, 1.807) is 6.92 Å². The van der Waals surface area contributed by atoms with Crippen LogP contribution in [0.5, 0.6) is 0 Å². The monoisotopic (exact) mass is 313 g/mol. The third-order valence-corrected chi connectivity index (χ3v) is 3.96. The molecule has 0 fully saturated rings. The third-order valence-electron chi connectivity index (χ3n) is 3.24. The fourth-order valence-corrected chi connectivity index (χ4v) is 2.62. The fraction of sp³-hybridized carbons (Fsp3) is 0.500. The SMILES string of the molecule is CCN(CC(C)C(=O)O)C(C)c1ccccc1Br. The number of benzene rings is 1. The van der Waals surface area contributed by atoms with Gasteiger partial charge in [-0.1, -0.05) is 48.0 Å². The fourth-order valence-electron chi connectivity index (χ4n) is 2.00. The predicted octanol–water partition coefficient (Wildman–Crippen LogP) is 3.55. The Morgan fingerprint density at radius 2 is 2.00 bits per heavy atom. The Bertz CT molecular complexity index is 409. The molecule has 1 N–H and O–H groups in total. The van der Waals surface area contributed by atoms with Gasteiger partial charge in [-0.15, -0.1) is 0 Å². The summed E-state index contributed by atoms with van der Waals surface area (Å²) in [5, 5.41) is 9.00. The first-order valence-electron chi connectivity index (χ1n) is 6.18. The van der Waals surface area contributed by atoms with Crippen molar-refractivity contribution in [1.29, 1.82) is 0 Å². The minimum atomic E-state index is -0.743. The smallest absolute Gasteiger partial charge is 0.307 e. The van der Waals surface area contributed by atoms with E-state index in [-0.39, 0.29) is 12.0 Å². The van der Waals surface area contributed by atoms with Crippen LogP contribution in [0.3, 0.4) is 0 Å². The highest BCUT2D eigenvalue weighted by molar-refractivity contribution is 9.10. The van der Waals surface area contributed by atoms with E-state index < -0.39 is 5.97 Å². The lowest BCUT2D eigenvalue weighted by atomic mass is 10.0. The van der Waals surface area contributed by atoms with Gasteiger partial charge in [0.1, 0.15) is 0 Å². The van der Waals surface area contributed by atoms with Crippen molar-refractivity contribution in [2.75, 3.05) is 13.1 Å². The average Bonchev–Trinajstić information content (AvgIpc) is 2.35. The van der Waals surface area contributed by atoms with Crippen LogP contribution in [-0.2, 0) is 4.79 Å². The summed E-state index contributed by atoms with van der Waals surface area (Å²) in [5.74, 6) is -1.09. The Labute approximate surface area is 117 Å². The number of hydrogen-bond acceptors (Lipinski definition) is 2. The van der Waals surface area contributed by atoms with Crippen LogP contribution in [0.15, 0.2) is 28.7 Å². The predicted molar refractivity (Wildman–Crippen MR) is 76.6 cm³/mol. The number of nitrogens with zero attached hydrogens (tertiary/aromatic N) is 1. The number of aliphatic carboxylic acids is 1. The Morgan fingerprint density at radius 1 is 1.39 bits per heavy atom. The standard InChI is InChI=1S/C14H20BrNO2/c1-4-16(9-10(2)14(17)18)11(3)12-7-5-6-8-13(12)15/h5-8,10-11H,4,9H2,1-3H3,(H,17,18). The van der Waals surface area contributed by atoms with Crippen LogP contribution < -0.4 is 0 Å². The molecule has 2 unspecified atom stereocenters. The van der Waals surface area contributed by atoms with Crippen LogP contribution in [0.2, 0.25) is 0 Å². The lowest BCUT2D eigenvalue weighted by Crippen LogP contribution is -2.34. The number of carboxylic acids is 1. The van der Waals surface area contributed by atoms with Gasteiger partial charge in [-0.25, -0.2) is 0 Å². The lowest BCUT2D eigenvalue weighted by molar-refractivity contribution is -0.141. The summed E-state index contributed by atoms with van der Waals surface area (Å²) in [4.78, 5) is 13.1. The molecule has 3 nitrogen and oxygen atoms in total. The Balaban J connectivity index is 2.83. The van der Waals surface area contributed by atoms with Crippen LogP contribution in [0, 0.1) is 5.92 Å². The van der Waals surface area contributed by atoms with Gasteiger partial charge in [-0.3, -0.25) is 9.69 Å². The van der Waals surface area contributed by atoms with E-state index in [0.717, 1.165) is 11.0 Å². The van der Waals surface area contributed by atoms with Gasteiger partial charge in [-0.05, 0) is 25.1 Å². The van der Waals surface area contributed by atoms with Gasteiger partial charge in [0.05, 0.1) is 5.92 Å². The molecule has 100 valence electrons. The van der Waals surface area contributed by atoms with E-state index >= 15 is 0 Å². The van der Waals surface area contributed by atoms with Gasteiger partial charge in [0, 0.05) is 17.1 Å². The minimum absolute atomic E-state index is 0.201. The molecule has 0 bridgehead atoms. The highest BCUT2D eigenvalue weighted by Gasteiger charge is 2.21. The molecular weight excluding hydrogens is 294 g/mol. The van der Waals surface area contributed by atoms with Gasteiger partial charge in [-0.2, -0.15) is 0 Å². The second-order valence-corrected chi connectivity index (χ2v) is 5.38. The van der Waals surface area contributed by atoms with Crippen molar-refractivity contribution in [3.63, 3.8) is 0 Å². The topological polar surface area (TPSA) is 40.5 Å². The summed E-state index contributed by atoms with van der Waals surface area (Å²) >= 11 is 3.55. The van der Waals surface area contributed by atoms with E-state index in [4.69, 9.17) is 5.11 Å². The zero-order chi connectivity index (χ0) is 13.7. The molecule has 0 spiro atoms. The zero-order valence-electron chi connectivity index (χ0n) is 11.1. The number of halogens is 1. The van der Waals surface area contributed by atoms with Crippen molar-refractivity contribution in [1.82, 2.24) is 4.90 Å². The van der Waals surface area contributed by atoms with E-state index in [2.05, 4.69) is 40.7 Å². The van der Waals surface area contributed by atoms with Gasteiger partial charge in [0.25, 0.3) is 0 Å². The van der Waals surface area contributed by atoms with E-state index in [0.29, 0.717) is 6.54 Å². The Kier molecular flexibility index (Phi) is 5.82. The lowest BCUT2D eigenvalue weighted by Gasteiger charge is -2.30. The molecular formula is C14H20BrNO2. The quantitative estimate of drug-likeness (QED) is 0.873. The van der Waals surface area contributed by atoms with Crippen LogP contribution >= 0.6 is 15.9 Å². The molecule has 4 heteroatoms. The normalized spacial score (nSPS) is 14.5. The largest absolute Gasteiger partial charge is 0.481 e. The van der Waals surface area contributed by atoms with Crippen molar-refractivity contribution in [2.24, 2.45) is 5.92 Å². The van der Waals surface area contributed by atoms with Gasteiger partial charge < -0.3 is 5.11 Å². The molecule has 2 atom stereocenters. The number of carbonyl (C=O) groups is 1. The molecule has 1 rings (SSSR count). The van der Waals surface area contributed by atoms with Gasteiger partial charge in [0.15, 0.2) is 0 Å². The van der Waals surface area contributed by atoms with Crippen molar-refractivity contribution in [3.05, 3.63) is 34.3 Å². The van der Waals surface area contributed by atoms with Crippen LogP contribution in [0.4, 0.5) is 0 Å². The maximum Gasteiger partial charge on any atom is 0.307 e. The third kappa shape index (κ3) is 3.82. The average molecular weight is 314 g/mol. The zero-order valence-corrected chi connectivity index (χ0v) is 12.6. The molecule has 0 saturated carbocycles. The second-order valence-electron chi connectivity index (χ2n) is 4.52.